The molecule has 4 aromatic heterocycles. The molecule has 3 nitrogen and oxygen atoms in total. The Balaban J connectivity index is 1.24. The molecule has 0 radical (unpaired) electrons. The quantitative estimate of drug-likeness (QED) is 0.199. The van der Waals surface area contributed by atoms with Gasteiger partial charge in [0.05, 0.1) is 26.9 Å². The van der Waals surface area contributed by atoms with Gasteiger partial charge in [0, 0.05) is 57.8 Å². The first-order valence-electron chi connectivity index (χ1n) is 15.0. The summed E-state index contributed by atoms with van der Waals surface area (Å²) in [7, 11) is 0. The Hall–Kier alpha value is -5.36. The molecule has 6 aromatic carbocycles. The van der Waals surface area contributed by atoms with Crippen LogP contribution >= 0.6 is 22.7 Å². The number of para-hydroxylation sites is 1. The lowest BCUT2D eigenvalue weighted by Gasteiger charge is -2.11. The van der Waals surface area contributed by atoms with Crippen molar-refractivity contribution in [2.24, 2.45) is 0 Å². The topological polar surface area (TPSA) is 30.7 Å². The molecule has 0 fully saturated rings. The van der Waals surface area contributed by atoms with Crippen molar-refractivity contribution in [3.63, 3.8) is 0 Å². The lowest BCUT2D eigenvalue weighted by Crippen LogP contribution is -1.97. The third-order valence-corrected chi connectivity index (χ3v) is 11.1. The highest BCUT2D eigenvalue weighted by atomic mass is 32.1. The van der Waals surface area contributed by atoms with Crippen LogP contribution in [0, 0.1) is 0 Å². The second-order valence-electron chi connectivity index (χ2n) is 11.4. The van der Waals surface area contributed by atoms with Crippen LogP contribution in [-0.2, 0) is 0 Å². The van der Waals surface area contributed by atoms with E-state index in [-0.39, 0.29) is 0 Å². The van der Waals surface area contributed by atoms with E-state index in [1.165, 1.54) is 52.1 Å². The van der Waals surface area contributed by atoms with Crippen molar-refractivity contribution in [3.8, 4) is 28.3 Å². The molecule has 0 spiro atoms. The Morgan fingerprint density at radius 3 is 2.02 bits per heavy atom. The number of aromatic nitrogens is 3. The number of hydrogen-bond donors (Lipinski definition) is 0. The Labute approximate surface area is 266 Å². The predicted octanol–water partition coefficient (Wildman–Crippen LogP) is 11.6. The molecule has 210 valence electrons. The first-order chi connectivity index (χ1) is 22.3. The molecule has 5 heteroatoms. The number of fused-ring (bicyclic) bond motifs is 9. The van der Waals surface area contributed by atoms with E-state index in [0.29, 0.717) is 0 Å². The fourth-order valence-corrected chi connectivity index (χ4v) is 9.04. The van der Waals surface area contributed by atoms with Gasteiger partial charge >= 0.3 is 0 Å². The van der Waals surface area contributed by atoms with Crippen LogP contribution in [0.15, 0.2) is 140 Å². The van der Waals surface area contributed by atoms with Gasteiger partial charge in [-0.1, -0.05) is 97.1 Å². The van der Waals surface area contributed by atoms with Crippen LogP contribution in [0.4, 0.5) is 0 Å². The van der Waals surface area contributed by atoms with Crippen LogP contribution in [0.3, 0.4) is 0 Å². The monoisotopic (exact) mass is 609 g/mol. The van der Waals surface area contributed by atoms with Crippen LogP contribution in [0.25, 0.3) is 90.6 Å². The van der Waals surface area contributed by atoms with Gasteiger partial charge in [-0.3, -0.25) is 0 Å². The van der Waals surface area contributed by atoms with E-state index in [0.717, 1.165) is 38.5 Å². The molecule has 0 aliphatic rings. The van der Waals surface area contributed by atoms with Gasteiger partial charge in [0.15, 0.2) is 5.82 Å². The molecule has 4 heterocycles. The van der Waals surface area contributed by atoms with E-state index in [1.54, 1.807) is 11.3 Å². The van der Waals surface area contributed by atoms with Crippen molar-refractivity contribution >= 4 is 85.0 Å². The average Bonchev–Trinajstić information content (AvgIpc) is 3.76. The molecule has 0 bridgehead atoms. The molecule has 0 saturated heterocycles. The molecule has 0 aliphatic carbocycles. The SMILES string of the molecule is c1ccc(-c2nc(-c3cccc(-n4c5ccccc5c5cc6sc7ccccc7c6cc54)c3)nc3c2sc2ccccc23)cc1. The minimum absolute atomic E-state index is 0.735. The first-order valence-corrected chi connectivity index (χ1v) is 16.6. The normalized spacial score (nSPS) is 12.0. The third-order valence-electron chi connectivity index (χ3n) is 8.80. The molecule has 45 heavy (non-hydrogen) atoms. The zero-order valence-electron chi connectivity index (χ0n) is 23.9. The minimum atomic E-state index is 0.735. The summed E-state index contributed by atoms with van der Waals surface area (Å²) in [4.78, 5) is 10.5. The number of hydrogen-bond acceptors (Lipinski definition) is 4. The summed E-state index contributed by atoms with van der Waals surface area (Å²) in [5.41, 5.74) is 7.57. The summed E-state index contributed by atoms with van der Waals surface area (Å²) in [6.45, 7) is 0. The molecular formula is C40H23N3S2. The standard InChI is InChI=1S/C40H23N3S2/c1-2-11-24(12-3-1)37-39-38(29-17-6-9-20-35(29)45-39)42-40(41-37)25-13-10-14-26(21-25)43-32-18-7-4-15-27(32)30-23-36-31(22-33(30)43)28-16-5-8-19-34(28)44-36/h1-23H. The first kappa shape index (κ1) is 25.0. The summed E-state index contributed by atoms with van der Waals surface area (Å²) >= 11 is 3.63. The lowest BCUT2D eigenvalue weighted by atomic mass is 10.1. The van der Waals surface area contributed by atoms with Gasteiger partial charge in [0.25, 0.3) is 0 Å². The van der Waals surface area contributed by atoms with Crippen molar-refractivity contribution in [1.29, 1.82) is 0 Å². The highest BCUT2D eigenvalue weighted by Crippen LogP contribution is 2.42. The van der Waals surface area contributed by atoms with E-state index < -0.39 is 0 Å². The minimum Gasteiger partial charge on any atom is -0.309 e. The van der Waals surface area contributed by atoms with E-state index in [2.05, 4.69) is 144 Å². The van der Waals surface area contributed by atoms with Gasteiger partial charge in [-0.05, 0) is 42.5 Å². The fraction of sp³-hybridized carbons (Fsp3) is 0. The van der Waals surface area contributed by atoms with Crippen LogP contribution in [0.1, 0.15) is 0 Å². The largest absolute Gasteiger partial charge is 0.309 e. The van der Waals surface area contributed by atoms with E-state index in [9.17, 15) is 0 Å². The maximum Gasteiger partial charge on any atom is 0.160 e. The highest BCUT2D eigenvalue weighted by Gasteiger charge is 2.19. The van der Waals surface area contributed by atoms with E-state index in [1.807, 2.05) is 11.3 Å². The van der Waals surface area contributed by atoms with Gasteiger partial charge < -0.3 is 4.57 Å². The maximum atomic E-state index is 5.24. The van der Waals surface area contributed by atoms with E-state index in [4.69, 9.17) is 9.97 Å². The smallest absolute Gasteiger partial charge is 0.160 e. The van der Waals surface area contributed by atoms with Crippen molar-refractivity contribution in [2.45, 2.75) is 0 Å². The molecule has 0 aliphatic heterocycles. The Morgan fingerprint density at radius 1 is 0.444 bits per heavy atom. The van der Waals surface area contributed by atoms with Gasteiger partial charge in [0.1, 0.15) is 0 Å². The fourth-order valence-electron chi connectivity index (χ4n) is 6.76. The summed E-state index contributed by atoms with van der Waals surface area (Å²) in [6, 6.07) is 49.9. The summed E-state index contributed by atoms with van der Waals surface area (Å²) in [5, 5.41) is 6.30. The molecule has 10 aromatic rings. The van der Waals surface area contributed by atoms with E-state index >= 15 is 0 Å². The zero-order valence-corrected chi connectivity index (χ0v) is 25.6. The number of thiophene rings is 2. The molecule has 0 unspecified atom stereocenters. The van der Waals surface area contributed by atoms with Crippen molar-refractivity contribution < 1.29 is 0 Å². The number of nitrogens with zero attached hydrogens (tertiary/aromatic N) is 3. The highest BCUT2D eigenvalue weighted by molar-refractivity contribution is 7.26. The Morgan fingerprint density at radius 2 is 1.16 bits per heavy atom. The number of rotatable bonds is 3. The van der Waals surface area contributed by atoms with Crippen LogP contribution < -0.4 is 0 Å². The molecular weight excluding hydrogens is 587 g/mol. The molecule has 0 amide bonds. The van der Waals surface area contributed by atoms with Crippen LogP contribution in [0.5, 0.6) is 0 Å². The maximum absolute atomic E-state index is 5.24. The molecule has 0 saturated carbocycles. The third kappa shape index (κ3) is 3.75. The molecule has 0 atom stereocenters. The van der Waals surface area contributed by atoms with Gasteiger partial charge in [-0.15, -0.1) is 22.7 Å². The molecule has 0 N–H and O–H groups in total. The van der Waals surface area contributed by atoms with Gasteiger partial charge in [-0.2, -0.15) is 0 Å². The summed E-state index contributed by atoms with van der Waals surface area (Å²) < 4.78 is 7.38. The predicted molar refractivity (Wildman–Crippen MR) is 193 cm³/mol. The van der Waals surface area contributed by atoms with Gasteiger partial charge in [0.2, 0.25) is 0 Å². The second kappa shape index (κ2) is 9.57. The van der Waals surface area contributed by atoms with Crippen molar-refractivity contribution in [1.82, 2.24) is 14.5 Å². The zero-order chi connectivity index (χ0) is 29.5. The van der Waals surface area contributed by atoms with Crippen molar-refractivity contribution in [3.05, 3.63) is 140 Å². The summed E-state index contributed by atoms with van der Waals surface area (Å²) in [6.07, 6.45) is 0. The average molecular weight is 610 g/mol. The van der Waals surface area contributed by atoms with Crippen molar-refractivity contribution in [2.75, 3.05) is 0 Å². The Bertz CT molecular complexity index is 2770. The number of benzene rings is 6. The second-order valence-corrected chi connectivity index (χ2v) is 13.5. The van der Waals surface area contributed by atoms with Crippen LogP contribution in [0.2, 0.25) is 0 Å². The lowest BCUT2D eigenvalue weighted by molar-refractivity contribution is 1.17. The molecule has 10 rings (SSSR count). The van der Waals surface area contributed by atoms with Crippen LogP contribution in [-0.4, -0.2) is 14.5 Å². The Kier molecular flexibility index (Phi) is 5.32. The summed E-state index contributed by atoms with van der Waals surface area (Å²) in [5.74, 6) is 0.735. The van der Waals surface area contributed by atoms with Gasteiger partial charge in [-0.25, -0.2) is 9.97 Å².